The largest absolute Gasteiger partial charge is 0.294 e. The Hall–Kier alpha value is -4.17. The minimum absolute atomic E-state index is 0.894. The van der Waals surface area contributed by atoms with Gasteiger partial charge in [0.1, 0.15) is 5.82 Å². The molecule has 0 unspecified atom stereocenters. The van der Waals surface area contributed by atoms with Crippen molar-refractivity contribution in [3.05, 3.63) is 120 Å². The third-order valence-corrected chi connectivity index (χ3v) is 5.95. The Morgan fingerprint density at radius 3 is 1.97 bits per heavy atom. The second-order valence-corrected chi connectivity index (χ2v) is 8.90. The van der Waals surface area contributed by atoms with Crippen molar-refractivity contribution >= 4 is 23.1 Å². The van der Waals surface area contributed by atoms with Crippen LogP contribution in [0.2, 0.25) is 0 Å². The van der Waals surface area contributed by atoms with E-state index >= 15 is 0 Å². The molecular formula is C36H40N2. The van der Waals surface area contributed by atoms with Gasteiger partial charge >= 0.3 is 0 Å². The molecule has 0 aliphatic carbocycles. The van der Waals surface area contributed by atoms with Crippen LogP contribution in [0, 0.1) is 6.92 Å². The predicted molar refractivity (Wildman–Crippen MR) is 169 cm³/mol. The first-order valence-corrected chi connectivity index (χ1v) is 13.6. The van der Waals surface area contributed by atoms with Gasteiger partial charge in [-0.3, -0.25) is 4.57 Å². The average Bonchev–Trinajstić information content (AvgIpc) is 3.27. The van der Waals surface area contributed by atoms with Crippen LogP contribution in [-0.2, 0) is 0 Å². The van der Waals surface area contributed by atoms with E-state index in [4.69, 9.17) is 4.98 Å². The van der Waals surface area contributed by atoms with Gasteiger partial charge in [-0.2, -0.15) is 0 Å². The number of hydrogen-bond acceptors (Lipinski definition) is 1. The van der Waals surface area contributed by atoms with Crippen LogP contribution in [0.3, 0.4) is 0 Å². The maximum Gasteiger partial charge on any atom is 0.138 e. The Bertz CT molecular complexity index is 1430. The predicted octanol–water partition coefficient (Wildman–Crippen LogP) is 10.8. The molecule has 0 radical (unpaired) electrons. The molecule has 2 nitrogen and oxygen atoms in total. The van der Waals surface area contributed by atoms with Crippen LogP contribution in [0.5, 0.6) is 0 Å². The van der Waals surface area contributed by atoms with Crippen molar-refractivity contribution in [1.82, 2.24) is 9.55 Å². The molecule has 2 heterocycles. The molecule has 0 N–H and O–H groups in total. The van der Waals surface area contributed by atoms with Crippen molar-refractivity contribution in [1.29, 1.82) is 0 Å². The summed E-state index contributed by atoms with van der Waals surface area (Å²) in [5, 5.41) is 1.19. The van der Waals surface area contributed by atoms with E-state index in [1.54, 1.807) is 0 Å². The van der Waals surface area contributed by atoms with Gasteiger partial charge in [0.25, 0.3) is 0 Å². The molecule has 0 fully saturated rings. The summed E-state index contributed by atoms with van der Waals surface area (Å²) >= 11 is 0. The van der Waals surface area contributed by atoms with Gasteiger partial charge in [0.2, 0.25) is 0 Å². The van der Waals surface area contributed by atoms with E-state index in [0.717, 1.165) is 39.4 Å². The van der Waals surface area contributed by atoms with Crippen LogP contribution in [0.15, 0.2) is 104 Å². The van der Waals surface area contributed by atoms with E-state index in [0.29, 0.717) is 0 Å². The summed E-state index contributed by atoms with van der Waals surface area (Å²) in [5.74, 6) is 0.894. The van der Waals surface area contributed by atoms with Gasteiger partial charge in [-0.15, -0.1) is 0 Å². The van der Waals surface area contributed by atoms with Crippen LogP contribution >= 0.6 is 0 Å². The van der Waals surface area contributed by atoms with E-state index in [1.165, 1.54) is 22.9 Å². The molecule has 0 atom stereocenters. The van der Waals surface area contributed by atoms with Gasteiger partial charge in [-0.1, -0.05) is 125 Å². The monoisotopic (exact) mass is 500 g/mol. The Morgan fingerprint density at radius 2 is 1.39 bits per heavy atom. The van der Waals surface area contributed by atoms with E-state index in [1.807, 2.05) is 39.0 Å². The normalized spacial score (nSPS) is 10.5. The zero-order chi connectivity index (χ0) is 27.5. The lowest BCUT2D eigenvalue weighted by atomic mass is 10.0. The van der Waals surface area contributed by atoms with Crippen LogP contribution in [0.4, 0.5) is 0 Å². The van der Waals surface area contributed by atoms with Crippen LogP contribution in [-0.4, -0.2) is 9.55 Å². The fourth-order valence-electron chi connectivity index (χ4n) is 4.42. The second kappa shape index (κ2) is 13.9. The number of allylic oxidation sites excluding steroid dienone is 1. The molecule has 0 saturated carbocycles. The first kappa shape index (κ1) is 28.4. The summed E-state index contributed by atoms with van der Waals surface area (Å²) in [6.07, 6.45) is 7.42. The summed E-state index contributed by atoms with van der Waals surface area (Å²) in [6.45, 7) is 16.5. The highest BCUT2D eigenvalue weighted by atomic mass is 15.1. The molecule has 0 saturated heterocycles. The number of benzene rings is 3. The molecule has 0 amide bonds. The van der Waals surface area contributed by atoms with Crippen LogP contribution < -0.4 is 0 Å². The highest BCUT2D eigenvalue weighted by Crippen LogP contribution is 2.34. The van der Waals surface area contributed by atoms with Crippen LogP contribution in [0.1, 0.15) is 57.9 Å². The van der Waals surface area contributed by atoms with Crippen molar-refractivity contribution < 1.29 is 0 Å². The highest BCUT2D eigenvalue weighted by molar-refractivity contribution is 5.95. The molecule has 0 bridgehead atoms. The molecule has 2 aromatic heterocycles. The summed E-state index contributed by atoms with van der Waals surface area (Å²) in [7, 11) is 0. The second-order valence-electron chi connectivity index (χ2n) is 8.90. The third-order valence-electron chi connectivity index (χ3n) is 5.95. The quantitative estimate of drug-likeness (QED) is 0.235. The van der Waals surface area contributed by atoms with Crippen molar-refractivity contribution in [2.75, 3.05) is 0 Å². The minimum atomic E-state index is 0.894. The van der Waals surface area contributed by atoms with Gasteiger partial charge in [0.05, 0.1) is 16.9 Å². The molecule has 0 aliphatic heterocycles. The number of fused-ring (bicyclic) bond motifs is 1. The Kier molecular flexibility index (Phi) is 10.4. The number of aromatic nitrogens is 2. The summed E-state index contributed by atoms with van der Waals surface area (Å²) in [4.78, 5) is 5.16. The SMILES string of the molecule is C=Cc1c(/C=C\C)n(-c2cc(-c3ccccc3)cc(-c3ccccc3)n2)c2ccc(C)cc12.CC.CCC. The lowest BCUT2D eigenvalue weighted by Gasteiger charge is -2.14. The first-order valence-electron chi connectivity index (χ1n) is 13.6. The lowest BCUT2D eigenvalue weighted by molar-refractivity contribution is 1.03. The van der Waals surface area contributed by atoms with Gasteiger partial charge < -0.3 is 0 Å². The molecular weight excluding hydrogens is 460 g/mol. The topological polar surface area (TPSA) is 17.8 Å². The Balaban J connectivity index is 0.000000748. The fraction of sp³-hybridized carbons (Fsp3) is 0.194. The van der Waals surface area contributed by atoms with Gasteiger partial charge in [-0.25, -0.2) is 4.98 Å². The average molecular weight is 501 g/mol. The molecule has 194 valence electrons. The Morgan fingerprint density at radius 1 is 0.789 bits per heavy atom. The smallest absolute Gasteiger partial charge is 0.138 e. The van der Waals surface area contributed by atoms with Gasteiger partial charge in [0.15, 0.2) is 0 Å². The summed E-state index contributed by atoms with van der Waals surface area (Å²) in [6, 6.07) is 31.8. The van der Waals surface area contributed by atoms with E-state index in [-0.39, 0.29) is 0 Å². The number of hydrogen-bond donors (Lipinski definition) is 0. The Labute approximate surface area is 229 Å². The fourth-order valence-corrected chi connectivity index (χ4v) is 4.42. The molecule has 5 aromatic rings. The molecule has 0 aliphatic rings. The van der Waals surface area contributed by atoms with Gasteiger partial charge in [0, 0.05) is 16.5 Å². The maximum absolute atomic E-state index is 5.16. The molecule has 2 heteroatoms. The summed E-state index contributed by atoms with van der Waals surface area (Å²) < 4.78 is 2.25. The number of nitrogens with zero attached hydrogens (tertiary/aromatic N) is 2. The number of pyridine rings is 1. The zero-order valence-corrected chi connectivity index (χ0v) is 23.7. The van der Waals surface area contributed by atoms with E-state index in [2.05, 4.69) is 123 Å². The van der Waals surface area contributed by atoms with Crippen molar-refractivity contribution in [3.63, 3.8) is 0 Å². The van der Waals surface area contributed by atoms with Crippen molar-refractivity contribution in [3.8, 4) is 28.2 Å². The number of aryl methyl sites for hydroxylation is 1. The third kappa shape index (κ3) is 6.20. The molecule has 38 heavy (non-hydrogen) atoms. The standard InChI is InChI=1S/C31H26N2.C3H8.C2H6/c1-4-12-29-26(5-2)27-19-22(3)17-18-30(27)33(29)31-21-25(23-13-8-6-9-14-23)20-28(32-31)24-15-10-7-11-16-24;1-3-2;1-2/h4-21H,2H2,1,3H3;3H2,1-2H3;1-2H3/b12-4-;;. The zero-order valence-electron chi connectivity index (χ0n) is 23.7. The summed E-state index contributed by atoms with van der Waals surface area (Å²) in [5.41, 5.74) is 8.92. The van der Waals surface area contributed by atoms with Crippen LogP contribution in [0.25, 0.3) is 51.3 Å². The first-order chi connectivity index (χ1) is 18.6. The maximum atomic E-state index is 5.16. The van der Waals surface area contributed by atoms with E-state index < -0.39 is 0 Å². The lowest BCUT2D eigenvalue weighted by Crippen LogP contribution is -2.02. The van der Waals surface area contributed by atoms with Crippen molar-refractivity contribution in [2.24, 2.45) is 0 Å². The molecule has 0 spiro atoms. The molecule has 5 rings (SSSR count). The minimum Gasteiger partial charge on any atom is -0.294 e. The van der Waals surface area contributed by atoms with Crippen molar-refractivity contribution in [2.45, 2.75) is 48.0 Å². The molecule has 3 aromatic carbocycles. The number of rotatable bonds is 5. The highest BCUT2D eigenvalue weighted by Gasteiger charge is 2.17. The van der Waals surface area contributed by atoms with Gasteiger partial charge in [-0.05, 0) is 55.3 Å². The van der Waals surface area contributed by atoms with E-state index in [9.17, 15) is 0 Å².